The molecule has 5 heteroatoms. The smallest absolute Gasteiger partial charge is 0.494 e. The predicted octanol–water partition coefficient (Wildman–Crippen LogP) is 1.67. The first kappa shape index (κ1) is 14.1. The first-order chi connectivity index (χ1) is 9.07. The van der Waals surface area contributed by atoms with Crippen molar-refractivity contribution in [1.82, 2.24) is 0 Å². The number of benzene rings is 1. The van der Waals surface area contributed by atoms with Crippen molar-refractivity contribution in [3.05, 3.63) is 23.8 Å². The highest BCUT2D eigenvalue weighted by molar-refractivity contribution is 6.63. The molecular weight excluding hydrogens is 243 g/mol. The number of hydrogen-bond donors (Lipinski definition) is 0. The molecule has 1 heterocycles. The van der Waals surface area contributed by atoms with Crippen LogP contribution in [0.25, 0.3) is 0 Å². The molecule has 1 saturated heterocycles. The van der Waals surface area contributed by atoms with Gasteiger partial charge in [0.2, 0.25) is 0 Å². The topological polar surface area (TPSA) is 44.8 Å². The molecule has 1 aromatic rings. The number of aldehydes is 1. The van der Waals surface area contributed by atoms with Crippen LogP contribution in [0.3, 0.4) is 0 Å². The van der Waals surface area contributed by atoms with Gasteiger partial charge in [-0.25, -0.2) is 0 Å². The van der Waals surface area contributed by atoms with Crippen LogP contribution < -0.4 is 10.2 Å². The number of carbonyl (C=O) groups is 1. The van der Waals surface area contributed by atoms with Gasteiger partial charge in [-0.1, -0.05) is 26.0 Å². The average Bonchev–Trinajstić information content (AvgIpc) is 2.39. The third kappa shape index (κ3) is 3.17. The zero-order chi connectivity index (χ0) is 13.9. The standard InChI is InChI=1S/C14H19BO4/c1-4-17-12-7-5-6-11(8-16)13(12)15-18-9-14(2,3)10-19-15/h5-8H,4,9-10H2,1-3H3. The normalized spacial score (nSPS) is 18.2. The van der Waals surface area contributed by atoms with Crippen molar-refractivity contribution in [3.63, 3.8) is 0 Å². The van der Waals surface area contributed by atoms with Crippen LogP contribution in [0.1, 0.15) is 31.1 Å². The van der Waals surface area contributed by atoms with Crippen molar-refractivity contribution < 1.29 is 18.8 Å². The van der Waals surface area contributed by atoms with Gasteiger partial charge in [0.15, 0.2) is 0 Å². The second kappa shape index (κ2) is 5.76. The van der Waals surface area contributed by atoms with Gasteiger partial charge >= 0.3 is 7.12 Å². The van der Waals surface area contributed by atoms with E-state index in [1.165, 1.54) is 0 Å². The van der Waals surface area contributed by atoms with Gasteiger partial charge in [0.25, 0.3) is 0 Å². The molecule has 1 aliphatic rings. The first-order valence-corrected chi connectivity index (χ1v) is 6.51. The minimum Gasteiger partial charge on any atom is -0.494 e. The van der Waals surface area contributed by atoms with Gasteiger partial charge < -0.3 is 14.0 Å². The molecule has 0 N–H and O–H groups in total. The second-order valence-electron chi connectivity index (χ2n) is 5.43. The monoisotopic (exact) mass is 262 g/mol. The maximum absolute atomic E-state index is 11.2. The van der Waals surface area contributed by atoms with E-state index in [1.54, 1.807) is 12.1 Å². The Labute approximate surface area is 114 Å². The Morgan fingerprint density at radius 2 is 2.05 bits per heavy atom. The van der Waals surface area contributed by atoms with Gasteiger partial charge in [-0.15, -0.1) is 0 Å². The molecule has 102 valence electrons. The van der Waals surface area contributed by atoms with E-state index < -0.39 is 7.12 Å². The molecule has 19 heavy (non-hydrogen) atoms. The number of hydrogen-bond acceptors (Lipinski definition) is 4. The van der Waals surface area contributed by atoms with Gasteiger partial charge in [0, 0.05) is 29.7 Å². The van der Waals surface area contributed by atoms with E-state index >= 15 is 0 Å². The van der Waals surface area contributed by atoms with Crippen molar-refractivity contribution in [1.29, 1.82) is 0 Å². The molecule has 0 spiro atoms. The number of ether oxygens (including phenoxy) is 1. The fourth-order valence-electron chi connectivity index (χ4n) is 2.06. The number of rotatable bonds is 4. The summed E-state index contributed by atoms with van der Waals surface area (Å²) in [5.41, 5.74) is 1.24. The van der Waals surface area contributed by atoms with Crippen LogP contribution in [-0.4, -0.2) is 33.2 Å². The summed E-state index contributed by atoms with van der Waals surface area (Å²) in [5.74, 6) is 0.650. The lowest BCUT2D eigenvalue weighted by molar-refractivity contribution is 0.0340. The Bertz CT molecular complexity index is 449. The zero-order valence-electron chi connectivity index (χ0n) is 11.6. The Morgan fingerprint density at radius 1 is 1.37 bits per heavy atom. The molecule has 2 rings (SSSR count). The van der Waals surface area contributed by atoms with Crippen molar-refractivity contribution in [2.24, 2.45) is 5.41 Å². The highest BCUT2D eigenvalue weighted by Crippen LogP contribution is 2.23. The molecule has 0 aromatic heterocycles. The summed E-state index contributed by atoms with van der Waals surface area (Å²) in [7, 11) is -0.532. The summed E-state index contributed by atoms with van der Waals surface area (Å²) in [6.07, 6.45) is 0.810. The molecule has 0 unspecified atom stereocenters. The molecule has 0 radical (unpaired) electrons. The fourth-order valence-corrected chi connectivity index (χ4v) is 2.06. The minimum absolute atomic E-state index is 0.00159. The van der Waals surface area contributed by atoms with E-state index in [-0.39, 0.29) is 5.41 Å². The lowest BCUT2D eigenvalue weighted by atomic mass is 9.73. The predicted molar refractivity (Wildman–Crippen MR) is 74.1 cm³/mol. The Kier molecular flexibility index (Phi) is 4.27. The summed E-state index contributed by atoms with van der Waals surface area (Å²) in [6.45, 7) is 7.79. The van der Waals surface area contributed by atoms with Crippen molar-refractivity contribution in [3.8, 4) is 5.75 Å². The van der Waals surface area contributed by atoms with Crippen LogP contribution in [-0.2, 0) is 9.31 Å². The molecule has 0 saturated carbocycles. The largest absolute Gasteiger partial charge is 0.498 e. The Morgan fingerprint density at radius 3 is 2.63 bits per heavy atom. The van der Waals surface area contributed by atoms with Crippen LogP contribution in [0.5, 0.6) is 5.75 Å². The molecule has 0 bridgehead atoms. The molecule has 1 fully saturated rings. The molecular formula is C14H19BO4. The van der Waals surface area contributed by atoms with Crippen molar-refractivity contribution in [2.75, 3.05) is 19.8 Å². The van der Waals surface area contributed by atoms with E-state index in [0.717, 1.165) is 6.29 Å². The van der Waals surface area contributed by atoms with E-state index in [2.05, 4.69) is 13.8 Å². The fraction of sp³-hybridized carbons (Fsp3) is 0.500. The average molecular weight is 262 g/mol. The summed E-state index contributed by atoms with van der Waals surface area (Å²) >= 11 is 0. The summed E-state index contributed by atoms with van der Waals surface area (Å²) in [4.78, 5) is 11.2. The molecule has 1 aromatic carbocycles. The quantitative estimate of drug-likeness (QED) is 0.611. The minimum atomic E-state index is -0.532. The Balaban J connectivity index is 2.30. The molecule has 0 aliphatic carbocycles. The van der Waals surface area contributed by atoms with Crippen LogP contribution in [0.4, 0.5) is 0 Å². The highest BCUT2D eigenvalue weighted by Gasteiger charge is 2.36. The lowest BCUT2D eigenvalue weighted by Crippen LogP contribution is -2.49. The number of carbonyl (C=O) groups excluding carboxylic acids is 1. The lowest BCUT2D eigenvalue weighted by Gasteiger charge is -2.33. The summed E-state index contributed by atoms with van der Waals surface area (Å²) in [6, 6.07) is 5.38. The molecule has 1 aliphatic heterocycles. The molecule has 0 amide bonds. The third-order valence-electron chi connectivity index (χ3n) is 3.01. The van der Waals surface area contributed by atoms with Crippen LogP contribution in [0, 0.1) is 5.41 Å². The van der Waals surface area contributed by atoms with Crippen molar-refractivity contribution in [2.45, 2.75) is 20.8 Å². The van der Waals surface area contributed by atoms with E-state index in [1.807, 2.05) is 13.0 Å². The van der Waals surface area contributed by atoms with Crippen LogP contribution in [0.15, 0.2) is 18.2 Å². The van der Waals surface area contributed by atoms with Gasteiger partial charge in [0.1, 0.15) is 12.0 Å². The van der Waals surface area contributed by atoms with Gasteiger partial charge in [-0.2, -0.15) is 0 Å². The van der Waals surface area contributed by atoms with Crippen LogP contribution in [0.2, 0.25) is 0 Å². The van der Waals surface area contributed by atoms with Gasteiger partial charge in [-0.05, 0) is 13.0 Å². The van der Waals surface area contributed by atoms with Crippen molar-refractivity contribution >= 4 is 18.9 Å². The van der Waals surface area contributed by atoms with Gasteiger partial charge in [-0.3, -0.25) is 4.79 Å². The third-order valence-corrected chi connectivity index (χ3v) is 3.01. The van der Waals surface area contributed by atoms with Crippen LogP contribution >= 0.6 is 0 Å². The highest BCUT2D eigenvalue weighted by atomic mass is 16.6. The summed E-state index contributed by atoms with van der Waals surface area (Å²) in [5, 5.41) is 0. The van der Waals surface area contributed by atoms with E-state index in [9.17, 15) is 4.79 Å². The summed E-state index contributed by atoms with van der Waals surface area (Å²) < 4.78 is 17.1. The second-order valence-corrected chi connectivity index (χ2v) is 5.43. The van der Waals surface area contributed by atoms with E-state index in [4.69, 9.17) is 14.0 Å². The first-order valence-electron chi connectivity index (χ1n) is 6.51. The SMILES string of the molecule is CCOc1cccc(C=O)c1B1OCC(C)(C)CO1. The maximum atomic E-state index is 11.2. The zero-order valence-corrected chi connectivity index (χ0v) is 11.6. The van der Waals surface area contributed by atoms with Gasteiger partial charge in [0.05, 0.1) is 6.61 Å². The molecule has 4 nitrogen and oxygen atoms in total. The maximum Gasteiger partial charge on any atom is 0.498 e. The molecule has 0 atom stereocenters. The van der Waals surface area contributed by atoms with E-state index in [0.29, 0.717) is 36.6 Å². The Hall–Kier alpha value is -1.33.